The van der Waals surface area contributed by atoms with Gasteiger partial charge in [-0.25, -0.2) is 9.59 Å². The Labute approximate surface area is 161 Å². The second-order valence-electron chi connectivity index (χ2n) is 5.20. The van der Waals surface area contributed by atoms with E-state index in [1.54, 1.807) is 25.1 Å². The molecule has 0 aliphatic carbocycles. The Morgan fingerprint density at radius 2 is 1.93 bits per heavy atom. The van der Waals surface area contributed by atoms with Crippen molar-refractivity contribution in [2.75, 3.05) is 0 Å². The maximum absolute atomic E-state index is 11.4. The molecule has 1 aromatic carbocycles. The fraction of sp³-hybridized carbons (Fsp3) is 0.0588. The maximum Gasteiger partial charge on any atom is 0.342 e. The molecule has 0 bridgehead atoms. The van der Waals surface area contributed by atoms with Crippen molar-refractivity contribution in [3.8, 4) is 11.3 Å². The van der Waals surface area contributed by atoms with Crippen LogP contribution < -0.4 is 0 Å². The van der Waals surface area contributed by atoms with E-state index in [1.807, 2.05) is 0 Å². The first kappa shape index (κ1) is 18.7. The lowest BCUT2D eigenvalue weighted by molar-refractivity contribution is -0.131. The molecule has 3 aromatic rings. The third kappa shape index (κ3) is 4.39. The van der Waals surface area contributed by atoms with Crippen molar-refractivity contribution in [3.63, 3.8) is 0 Å². The molecule has 2 N–H and O–H groups in total. The van der Waals surface area contributed by atoms with E-state index in [2.05, 4.69) is 10.2 Å². The van der Waals surface area contributed by atoms with E-state index < -0.39 is 11.9 Å². The smallest absolute Gasteiger partial charge is 0.342 e. The van der Waals surface area contributed by atoms with Crippen LogP contribution >= 0.6 is 23.4 Å². The highest BCUT2D eigenvalue weighted by atomic mass is 35.5. The predicted molar refractivity (Wildman–Crippen MR) is 96.6 cm³/mol. The van der Waals surface area contributed by atoms with E-state index in [-0.39, 0.29) is 26.5 Å². The highest BCUT2D eigenvalue weighted by Crippen LogP contribution is 2.31. The highest BCUT2D eigenvalue weighted by Gasteiger charge is 2.16. The lowest BCUT2D eigenvalue weighted by atomic mass is 10.1. The molecule has 0 spiro atoms. The minimum absolute atomic E-state index is 0.0218. The number of halogens is 1. The summed E-state index contributed by atoms with van der Waals surface area (Å²) < 4.78 is 10.8. The number of aryl methyl sites for hydroxylation is 1. The van der Waals surface area contributed by atoms with Gasteiger partial charge in [-0.05, 0) is 36.0 Å². The summed E-state index contributed by atoms with van der Waals surface area (Å²) in [4.78, 5) is 22.4. The summed E-state index contributed by atoms with van der Waals surface area (Å²) in [7, 11) is 0. The van der Waals surface area contributed by atoms with Crippen molar-refractivity contribution in [2.24, 2.45) is 0 Å². The second kappa shape index (κ2) is 7.68. The van der Waals surface area contributed by atoms with Gasteiger partial charge >= 0.3 is 11.9 Å². The molecular formula is C17H11ClN2O6S. The van der Waals surface area contributed by atoms with Gasteiger partial charge in [0.1, 0.15) is 16.4 Å². The van der Waals surface area contributed by atoms with E-state index >= 15 is 0 Å². The molecule has 27 heavy (non-hydrogen) atoms. The molecule has 0 amide bonds. The number of carboxylic acids is 2. The van der Waals surface area contributed by atoms with Gasteiger partial charge in [0.2, 0.25) is 5.89 Å². The van der Waals surface area contributed by atoms with Crippen LogP contribution in [0.1, 0.15) is 22.0 Å². The van der Waals surface area contributed by atoms with Crippen LogP contribution in [-0.4, -0.2) is 32.3 Å². The number of hydrogen-bond acceptors (Lipinski definition) is 7. The van der Waals surface area contributed by atoms with Gasteiger partial charge in [0.05, 0.1) is 10.6 Å². The predicted octanol–water partition coefficient (Wildman–Crippen LogP) is 4.21. The standard InChI is InChI=1S/C17H11ClN2O6S/c1-8-19-20-17(25-8)27-14(16(23)24)7-10-3-5-13(26-10)9-2-4-11(15(21)22)12(18)6-9/h2-7H,1H3,(H,21,22)(H,23,24)/b14-7-. The number of carbonyl (C=O) groups is 2. The van der Waals surface area contributed by atoms with E-state index in [0.29, 0.717) is 17.2 Å². The highest BCUT2D eigenvalue weighted by molar-refractivity contribution is 8.03. The van der Waals surface area contributed by atoms with Gasteiger partial charge in [0.25, 0.3) is 5.22 Å². The average molecular weight is 407 g/mol. The fourth-order valence-electron chi connectivity index (χ4n) is 2.11. The Hall–Kier alpha value is -3.04. The number of aliphatic carboxylic acids is 1. The Balaban J connectivity index is 1.87. The molecule has 2 aromatic heterocycles. The molecule has 138 valence electrons. The van der Waals surface area contributed by atoms with Crippen molar-refractivity contribution in [1.29, 1.82) is 0 Å². The largest absolute Gasteiger partial charge is 0.478 e. The Kier molecular flexibility index (Phi) is 5.33. The van der Waals surface area contributed by atoms with Gasteiger partial charge in [-0.3, -0.25) is 0 Å². The maximum atomic E-state index is 11.4. The van der Waals surface area contributed by atoms with Gasteiger partial charge in [0, 0.05) is 18.6 Å². The number of aromatic nitrogens is 2. The third-order valence-corrected chi connectivity index (χ3v) is 4.46. The number of benzene rings is 1. The molecule has 0 fully saturated rings. The summed E-state index contributed by atoms with van der Waals surface area (Å²) >= 11 is 6.76. The molecule has 0 aliphatic heterocycles. The van der Waals surface area contributed by atoms with Crippen LogP contribution in [0.15, 0.2) is 49.3 Å². The van der Waals surface area contributed by atoms with Crippen LogP contribution in [0.4, 0.5) is 0 Å². The van der Waals surface area contributed by atoms with E-state index in [9.17, 15) is 14.7 Å². The lowest BCUT2D eigenvalue weighted by Gasteiger charge is -2.02. The molecule has 8 nitrogen and oxygen atoms in total. The Morgan fingerprint density at radius 3 is 2.52 bits per heavy atom. The zero-order valence-electron chi connectivity index (χ0n) is 13.7. The second-order valence-corrected chi connectivity index (χ2v) is 6.60. The monoisotopic (exact) mass is 406 g/mol. The average Bonchev–Trinajstić information content (AvgIpc) is 3.23. The zero-order valence-corrected chi connectivity index (χ0v) is 15.2. The minimum atomic E-state index is -1.18. The first-order valence-electron chi connectivity index (χ1n) is 7.39. The van der Waals surface area contributed by atoms with Crippen molar-refractivity contribution in [1.82, 2.24) is 10.2 Å². The van der Waals surface area contributed by atoms with Crippen molar-refractivity contribution in [2.45, 2.75) is 12.1 Å². The number of thioether (sulfide) groups is 1. The summed E-state index contributed by atoms with van der Waals surface area (Å²) in [5, 5.41) is 25.9. The van der Waals surface area contributed by atoms with Gasteiger partial charge in [0.15, 0.2) is 0 Å². The molecule has 0 saturated heterocycles. The first-order valence-corrected chi connectivity index (χ1v) is 8.59. The molecule has 0 atom stereocenters. The van der Waals surface area contributed by atoms with Crippen LogP contribution in [0.2, 0.25) is 5.02 Å². The molecule has 2 heterocycles. The van der Waals surface area contributed by atoms with Crippen LogP contribution in [0.3, 0.4) is 0 Å². The topological polar surface area (TPSA) is 127 Å². The van der Waals surface area contributed by atoms with Crippen LogP contribution in [0.25, 0.3) is 17.4 Å². The summed E-state index contributed by atoms with van der Waals surface area (Å²) in [6.07, 6.45) is 1.32. The van der Waals surface area contributed by atoms with Crippen molar-refractivity contribution in [3.05, 3.63) is 57.5 Å². The van der Waals surface area contributed by atoms with Crippen LogP contribution in [0.5, 0.6) is 0 Å². The summed E-state index contributed by atoms with van der Waals surface area (Å²) in [6, 6.07) is 7.59. The van der Waals surface area contributed by atoms with Gasteiger partial charge < -0.3 is 19.0 Å². The molecule has 10 heteroatoms. The normalized spacial score (nSPS) is 11.6. The summed E-state index contributed by atoms with van der Waals surface area (Å²) in [5.74, 6) is -1.30. The number of carboxylic acid groups (broad SMARTS) is 2. The van der Waals surface area contributed by atoms with Crippen molar-refractivity contribution >= 4 is 41.4 Å². The summed E-state index contributed by atoms with van der Waals surface area (Å²) in [6.45, 7) is 1.60. The SMILES string of the molecule is Cc1nnc(S/C(=C\c2ccc(-c3ccc(C(=O)O)c(Cl)c3)o2)C(=O)O)o1. The number of rotatable bonds is 6. The van der Waals surface area contributed by atoms with Gasteiger partial charge in [-0.15, -0.1) is 10.2 Å². The lowest BCUT2D eigenvalue weighted by Crippen LogP contribution is -1.97. The minimum Gasteiger partial charge on any atom is -0.478 e. The number of nitrogens with zero attached hydrogens (tertiary/aromatic N) is 2. The van der Waals surface area contributed by atoms with Crippen LogP contribution in [0, 0.1) is 6.92 Å². The third-order valence-electron chi connectivity index (χ3n) is 3.30. The number of furan rings is 1. The number of aromatic carboxylic acids is 1. The Bertz CT molecular complexity index is 1060. The van der Waals surface area contributed by atoms with Gasteiger partial charge in [-0.2, -0.15) is 0 Å². The van der Waals surface area contributed by atoms with Gasteiger partial charge in [-0.1, -0.05) is 17.7 Å². The van der Waals surface area contributed by atoms with Crippen LogP contribution in [-0.2, 0) is 4.79 Å². The van der Waals surface area contributed by atoms with E-state index in [4.69, 9.17) is 25.5 Å². The molecule has 0 radical (unpaired) electrons. The fourth-order valence-corrected chi connectivity index (χ4v) is 3.06. The molecule has 0 saturated carbocycles. The van der Waals surface area contributed by atoms with Crippen molar-refractivity contribution < 1.29 is 28.6 Å². The quantitative estimate of drug-likeness (QED) is 0.457. The summed E-state index contributed by atoms with van der Waals surface area (Å²) in [5.41, 5.74) is 0.535. The van der Waals surface area contributed by atoms with E-state index in [1.165, 1.54) is 18.2 Å². The molecule has 0 unspecified atom stereocenters. The number of hydrogen-bond donors (Lipinski definition) is 2. The molecule has 0 aliphatic rings. The first-order chi connectivity index (χ1) is 12.8. The zero-order chi connectivity index (χ0) is 19.6. The molecule has 3 rings (SSSR count). The Morgan fingerprint density at radius 1 is 1.15 bits per heavy atom. The van der Waals surface area contributed by atoms with E-state index in [0.717, 1.165) is 11.8 Å². The molecular weight excluding hydrogens is 396 g/mol.